The number of nitrogens with one attached hydrogen (secondary N) is 3. The van der Waals surface area contributed by atoms with Crippen molar-refractivity contribution in [3.05, 3.63) is 0 Å². The molecule has 0 aromatic rings. The van der Waals surface area contributed by atoms with E-state index in [1.54, 1.807) is 0 Å². The first kappa shape index (κ1) is 38.6. The second-order valence-electron chi connectivity index (χ2n) is 18.7. The molecule has 0 aliphatic heterocycles. The highest BCUT2D eigenvalue weighted by Crippen LogP contribution is 2.38. The third-order valence-corrected chi connectivity index (χ3v) is 15.4. The summed E-state index contributed by atoms with van der Waals surface area (Å²) < 4.78 is 0. The van der Waals surface area contributed by atoms with E-state index in [0.29, 0.717) is 0 Å². The predicted octanol–water partition coefficient (Wildman–Crippen LogP) is 10.6. The van der Waals surface area contributed by atoms with Crippen molar-refractivity contribution in [3.63, 3.8) is 0 Å². The van der Waals surface area contributed by atoms with Crippen LogP contribution in [0.1, 0.15) is 193 Å². The number of hydrogen-bond donors (Lipinski definition) is 3. The van der Waals surface area contributed by atoms with Gasteiger partial charge in [-0.15, -0.1) is 0 Å². The molecule has 4 heteroatoms. The molecular weight excluding hydrogens is 597 g/mol. The van der Waals surface area contributed by atoms with E-state index in [4.69, 9.17) is 0 Å². The molecule has 0 bridgehead atoms. The molecule has 0 saturated heterocycles. The molecule has 0 radical (unpaired) electrons. The van der Waals surface area contributed by atoms with Gasteiger partial charge in [-0.2, -0.15) is 0 Å². The second kappa shape index (κ2) is 22.1. The largest absolute Gasteiger partial charge is 0.312 e. The molecule has 6 aliphatic rings. The fourth-order valence-electron chi connectivity index (χ4n) is 12.6. The molecule has 6 rings (SSSR count). The normalized spacial score (nSPS) is 25.7. The Morgan fingerprint density at radius 2 is 0.469 bits per heavy atom. The number of nitrogens with zero attached hydrogens (tertiary/aromatic N) is 1. The topological polar surface area (TPSA) is 39.3 Å². The van der Waals surface area contributed by atoms with Crippen molar-refractivity contribution < 1.29 is 0 Å². The van der Waals surface area contributed by atoms with Crippen molar-refractivity contribution in [2.75, 3.05) is 39.3 Å². The van der Waals surface area contributed by atoms with E-state index < -0.39 is 0 Å². The zero-order chi connectivity index (χ0) is 33.4. The standard InChI is InChI=1S/C45H84N4/c1-7-19-37(20-8-1)43(38-21-9-2-10-22-38)46-31-34-49(35-32-47-44(39-23-11-3-12-24-39)40-25-13-4-14-26-40)36-33-48-45(41-27-15-5-16-28-41)42-29-17-6-18-30-42/h37-48H,1-36H2. The Morgan fingerprint density at radius 1 is 0.286 bits per heavy atom. The van der Waals surface area contributed by atoms with Gasteiger partial charge in [0, 0.05) is 57.4 Å². The third kappa shape index (κ3) is 12.5. The summed E-state index contributed by atoms with van der Waals surface area (Å²) in [6, 6.07) is 2.34. The first-order valence-electron chi connectivity index (χ1n) is 23.3. The van der Waals surface area contributed by atoms with Gasteiger partial charge in [0.2, 0.25) is 0 Å². The monoisotopic (exact) mass is 681 g/mol. The lowest BCUT2D eigenvalue weighted by Crippen LogP contribution is -2.50. The van der Waals surface area contributed by atoms with E-state index in [9.17, 15) is 0 Å². The van der Waals surface area contributed by atoms with Crippen LogP contribution in [0.15, 0.2) is 0 Å². The Hall–Kier alpha value is -0.160. The number of rotatable bonds is 18. The summed E-state index contributed by atoms with van der Waals surface area (Å²) >= 11 is 0. The van der Waals surface area contributed by atoms with Crippen molar-refractivity contribution in [2.24, 2.45) is 35.5 Å². The molecule has 0 spiro atoms. The molecule has 0 heterocycles. The molecule has 6 saturated carbocycles. The zero-order valence-corrected chi connectivity index (χ0v) is 32.6. The van der Waals surface area contributed by atoms with Crippen LogP contribution in [-0.2, 0) is 0 Å². The summed E-state index contributed by atoms with van der Waals surface area (Å²) in [4.78, 5) is 2.89. The van der Waals surface area contributed by atoms with Gasteiger partial charge in [-0.25, -0.2) is 0 Å². The quantitative estimate of drug-likeness (QED) is 0.135. The van der Waals surface area contributed by atoms with Gasteiger partial charge in [0.05, 0.1) is 0 Å². The van der Waals surface area contributed by atoms with Gasteiger partial charge in [0.15, 0.2) is 0 Å². The highest BCUT2D eigenvalue weighted by molar-refractivity contribution is 4.90. The lowest BCUT2D eigenvalue weighted by molar-refractivity contribution is 0.150. The maximum atomic E-state index is 4.31. The van der Waals surface area contributed by atoms with E-state index in [0.717, 1.165) is 53.6 Å². The average molecular weight is 681 g/mol. The third-order valence-electron chi connectivity index (χ3n) is 15.4. The SMILES string of the molecule is C1CCC(C(NCCN(CCNC(C2CCCCC2)C2CCCCC2)CCNC(C2CCCCC2)C2CCCCC2)C2CCCCC2)CC1. The lowest BCUT2D eigenvalue weighted by atomic mass is 9.73. The first-order valence-corrected chi connectivity index (χ1v) is 23.3. The van der Waals surface area contributed by atoms with Crippen LogP contribution in [0.4, 0.5) is 0 Å². The molecule has 4 nitrogen and oxygen atoms in total. The molecular formula is C45H84N4. The summed E-state index contributed by atoms with van der Waals surface area (Å²) in [6.07, 6.45) is 44.4. The highest BCUT2D eigenvalue weighted by Gasteiger charge is 2.34. The molecule has 6 fully saturated rings. The van der Waals surface area contributed by atoms with Crippen LogP contribution in [0.25, 0.3) is 0 Å². The Balaban J connectivity index is 1.06. The van der Waals surface area contributed by atoms with Crippen molar-refractivity contribution in [2.45, 2.75) is 211 Å². The molecule has 3 N–H and O–H groups in total. The van der Waals surface area contributed by atoms with Crippen LogP contribution in [0.5, 0.6) is 0 Å². The van der Waals surface area contributed by atoms with Crippen molar-refractivity contribution in [1.82, 2.24) is 20.9 Å². The number of hydrogen-bond acceptors (Lipinski definition) is 4. The van der Waals surface area contributed by atoms with Crippen LogP contribution in [-0.4, -0.2) is 62.3 Å². The lowest BCUT2D eigenvalue weighted by Gasteiger charge is -2.40. The van der Waals surface area contributed by atoms with E-state index >= 15 is 0 Å². The van der Waals surface area contributed by atoms with E-state index in [-0.39, 0.29) is 0 Å². The highest BCUT2D eigenvalue weighted by atomic mass is 15.2. The second-order valence-corrected chi connectivity index (χ2v) is 18.7. The van der Waals surface area contributed by atoms with Crippen LogP contribution < -0.4 is 16.0 Å². The maximum absolute atomic E-state index is 4.31. The Bertz CT molecular complexity index is 664. The summed E-state index contributed by atoms with van der Waals surface area (Å²) in [5, 5.41) is 12.9. The average Bonchev–Trinajstić information content (AvgIpc) is 3.18. The zero-order valence-electron chi connectivity index (χ0n) is 32.6. The van der Waals surface area contributed by atoms with Gasteiger partial charge in [-0.05, 0) is 113 Å². The predicted molar refractivity (Wildman–Crippen MR) is 211 cm³/mol. The Labute approximate surface area is 305 Å². The molecule has 0 unspecified atom stereocenters. The van der Waals surface area contributed by atoms with Gasteiger partial charge < -0.3 is 16.0 Å². The van der Waals surface area contributed by atoms with Crippen LogP contribution >= 0.6 is 0 Å². The van der Waals surface area contributed by atoms with Crippen molar-refractivity contribution in [1.29, 1.82) is 0 Å². The Kier molecular flexibility index (Phi) is 17.4. The van der Waals surface area contributed by atoms with Crippen LogP contribution in [0.3, 0.4) is 0 Å². The smallest absolute Gasteiger partial charge is 0.0124 e. The van der Waals surface area contributed by atoms with Gasteiger partial charge in [-0.3, -0.25) is 4.90 Å². The van der Waals surface area contributed by atoms with E-state index in [2.05, 4.69) is 20.9 Å². The molecule has 49 heavy (non-hydrogen) atoms. The molecule has 284 valence electrons. The molecule has 0 aromatic heterocycles. The van der Waals surface area contributed by atoms with E-state index in [1.807, 2.05) is 0 Å². The summed E-state index contributed by atoms with van der Waals surface area (Å²) in [5.41, 5.74) is 0. The van der Waals surface area contributed by atoms with Gasteiger partial charge >= 0.3 is 0 Å². The minimum Gasteiger partial charge on any atom is -0.312 e. The van der Waals surface area contributed by atoms with Crippen LogP contribution in [0.2, 0.25) is 0 Å². The van der Waals surface area contributed by atoms with Gasteiger partial charge in [0.25, 0.3) is 0 Å². The van der Waals surface area contributed by atoms with Crippen molar-refractivity contribution in [3.8, 4) is 0 Å². The Morgan fingerprint density at radius 3 is 0.653 bits per heavy atom. The summed E-state index contributed by atoms with van der Waals surface area (Å²) in [6.45, 7) is 7.28. The minimum absolute atomic E-state index is 0.780. The molecule has 0 amide bonds. The summed E-state index contributed by atoms with van der Waals surface area (Å²) in [7, 11) is 0. The fourth-order valence-corrected chi connectivity index (χ4v) is 12.6. The van der Waals surface area contributed by atoms with E-state index in [1.165, 1.54) is 232 Å². The molecule has 0 atom stereocenters. The fraction of sp³-hybridized carbons (Fsp3) is 1.00. The first-order chi connectivity index (χ1) is 24.3. The molecule has 0 aromatic carbocycles. The molecule has 6 aliphatic carbocycles. The summed E-state index contributed by atoms with van der Waals surface area (Å²) in [5.74, 6) is 5.62. The van der Waals surface area contributed by atoms with Gasteiger partial charge in [0.1, 0.15) is 0 Å². The van der Waals surface area contributed by atoms with Crippen molar-refractivity contribution >= 4 is 0 Å². The minimum atomic E-state index is 0.780. The van der Waals surface area contributed by atoms with Crippen LogP contribution in [0, 0.1) is 35.5 Å². The maximum Gasteiger partial charge on any atom is 0.0124 e. The van der Waals surface area contributed by atoms with Gasteiger partial charge in [-0.1, -0.05) is 116 Å².